The first kappa shape index (κ1) is 63.0. The fourth-order valence-corrected chi connectivity index (χ4v) is 7.53. The molecule has 0 radical (unpaired) electrons. The number of hydrogen-bond acceptors (Lipinski definition) is 13. The van der Waals surface area contributed by atoms with E-state index in [1.807, 2.05) is 13.8 Å². The number of carboxylic acid groups (broad SMARTS) is 1. The SMILES string of the molecule is CC(C)CC(NC(=O)CNC(=O)C(CCCN=C(N)N)NC(=O)C(CC(C)C)NC(=O)C(CO)NC(=O)C(CC(C)C)NC(=O)C(N)Cc1cnc[nH]1)C(=O)NC(Cc1ccccc1)C(=O)NC(C(=O)O)C(C)C. The summed E-state index contributed by atoms with van der Waals surface area (Å²) in [6, 6.07) is -1.33. The van der Waals surface area contributed by atoms with Crippen molar-refractivity contribution in [2.24, 2.45) is 45.9 Å². The molecule has 2 aromatic rings. The molecule has 8 atom stereocenters. The number of hydrogen-bond donors (Lipinski definition) is 14. The number of H-pyrrole nitrogens is 1. The van der Waals surface area contributed by atoms with Gasteiger partial charge in [0.05, 0.1) is 25.5 Å². The molecule has 1 aromatic heterocycles. The molecule has 74 heavy (non-hydrogen) atoms. The standard InChI is InChI=1S/C49H80N14O11/c1-26(2)17-34(43(68)61-37(20-30-13-10-9-11-14-30)46(71)63-40(29(7)8)48(73)74)57-39(65)23-55-42(67)33(15-12-16-54-49(51)52)58-44(69)36(19-28(5)6)60-47(72)38(24-64)62-45(70)35(18-27(3)4)59-41(66)32(50)21-31-22-53-25-56-31/h9-11,13-14,22,25-29,32-38,40,64H,12,15-21,23-24,50H2,1-8H3,(H,53,56)(H,55,67)(H,57,65)(H,58,69)(H,59,66)(H,60,72)(H,61,68)(H,62,70)(H,63,71)(H,73,74)(H4,51,52,54). The van der Waals surface area contributed by atoms with Crippen molar-refractivity contribution in [1.29, 1.82) is 0 Å². The number of aliphatic imine (C=N–C) groups is 1. The number of aromatic amines is 1. The van der Waals surface area contributed by atoms with E-state index in [0.717, 1.165) is 0 Å². The fourth-order valence-electron chi connectivity index (χ4n) is 7.53. The van der Waals surface area contributed by atoms with Crippen LogP contribution in [0.2, 0.25) is 0 Å². The van der Waals surface area contributed by atoms with Crippen molar-refractivity contribution in [3.8, 4) is 0 Å². The number of imidazole rings is 1. The number of amides is 8. The van der Waals surface area contributed by atoms with Gasteiger partial charge < -0.3 is 74.9 Å². The third-order valence-electron chi connectivity index (χ3n) is 11.3. The van der Waals surface area contributed by atoms with Gasteiger partial charge >= 0.3 is 5.97 Å². The molecule has 0 aliphatic carbocycles. The van der Waals surface area contributed by atoms with Crippen LogP contribution in [0, 0.1) is 23.7 Å². The van der Waals surface area contributed by atoms with Crippen molar-refractivity contribution in [2.75, 3.05) is 19.7 Å². The Kier molecular flexibility index (Phi) is 27.3. The average Bonchev–Trinajstić information content (AvgIpc) is 3.84. The van der Waals surface area contributed by atoms with Gasteiger partial charge in [-0.1, -0.05) is 85.7 Å². The molecule has 25 heteroatoms. The third kappa shape index (κ3) is 23.6. The van der Waals surface area contributed by atoms with Crippen molar-refractivity contribution in [2.45, 2.75) is 149 Å². The number of nitrogens with zero attached hydrogens (tertiary/aromatic N) is 2. The minimum absolute atomic E-state index is 0.00223. The van der Waals surface area contributed by atoms with Gasteiger partial charge in [0.2, 0.25) is 47.3 Å². The van der Waals surface area contributed by atoms with Gasteiger partial charge in [-0.15, -0.1) is 0 Å². The molecule has 17 N–H and O–H groups in total. The Labute approximate surface area is 432 Å². The van der Waals surface area contributed by atoms with Gasteiger partial charge in [0, 0.05) is 31.3 Å². The maximum atomic E-state index is 14.0. The van der Waals surface area contributed by atoms with Crippen LogP contribution in [-0.4, -0.2) is 147 Å². The Morgan fingerprint density at radius 1 is 0.622 bits per heavy atom. The summed E-state index contributed by atoms with van der Waals surface area (Å²) in [5, 5.41) is 40.6. The summed E-state index contributed by atoms with van der Waals surface area (Å²) in [4.78, 5) is 132. The summed E-state index contributed by atoms with van der Waals surface area (Å²) < 4.78 is 0. The third-order valence-corrected chi connectivity index (χ3v) is 11.3. The molecule has 1 heterocycles. The molecule has 0 spiro atoms. The van der Waals surface area contributed by atoms with Gasteiger partial charge in [0.15, 0.2) is 5.96 Å². The lowest BCUT2D eigenvalue weighted by molar-refractivity contribution is -0.143. The Hall–Kier alpha value is -7.15. The zero-order valence-electron chi connectivity index (χ0n) is 43.7. The Bertz CT molecular complexity index is 2170. The summed E-state index contributed by atoms with van der Waals surface area (Å²) in [5.41, 5.74) is 18.3. The van der Waals surface area contributed by atoms with E-state index >= 15 is 0 Å². The lowest BCUT2D eigenvalue weighted by atomic mass is 10.00. The molecule has 412 valence electrons. The molecule has 0 bridgehead atoms. The topological polar surface area (TPSA) is 409 Å². The van der Waals surface area contributed by atoms with E-state index in [1.54, 1.807) is 71.9 Å². The second-order valence-corrected chi connectivity index (χ2v) is 19.8. The number of aliphatic hydroxyl groups excluding tert-OH is 1. The lowest BCUT2D eigenvalue weighted by Crippen LogP contribution is -2.60. The van der Waals surface area contributed by atoms with E-state index in [1.165, 1.54) is 12.5 Å². The van der Waals surface area contributed by atoms with Crippen LogP contribution in [0.15, 0.2) is 47.8 Å². The number of carbonyl (C=O) groups excluding carboxylic acids is 8. The van der Waals surface area contributed by atoms with E-state index in [4.69, 9.17) is 17.2 Å². The molecular formula is C49H80N14O11. The van der Waals surface area contributed by atoms with Crippen molar-refractivity contribution in [3.63, 3.8) is 0 Å². The Balaban J connectivity index is 2.26. The molecule has 1 aromatic carbocycles. The van der Waals surface area contributed by atoms with Gasteiger partial charge in [0.1, 0.15) is 42.3 Å². The van der Waals surface area contributed by atoms with Gasteiger partial charge in [-0.05, 0) is 61.3 Å². The maximum Gasteiger partial charge on any atom is 0.326 e. The van der Waals surface area contributed by atoms with Crippen LogP contribution in [0.1, 0.15) is 98.8 Å². The molecule has 0 aliphatic rings. The number of carbonyl (C=O) groups is 9. The van der Waals surface area contributed by atoms with Gasteiger partial charge in [-0.25, -0.2) is 9.78 Å². The highest BCUT2D eigenvalue weighted by Gasteiger charge is 2.34. The molecule has 0 aliphatic heterocycles. The monoisotopic (exact) mass is 1040 g/mol. The van der Waals surface area contributed by atoms with Crippen molar-refractivity contribution < 1.29 is 53.4 Å². The molecule has 8 unspecified atom stereocenters. The van der Waals surface area contributed by atoms with Crippen molar-refractivity contribution in [1.82, 2.24) is 52.5 Å². The van der Waals surface area contributed by atoms with Gasteiger partial charge in [-0.3, -0.25) is 43.3 Å². The van der Waals surface area contributed by atoms with Gasteiger partial charge in [0.25, 0.3) is 0 Å². The lowest BCUT2D eigenvalue weighted by Gasteiger charge is -2.27. The molecule has 2 rings (SSSR count). The van der Waals surface area contributed by atoms with Crippen molar-refractivity contribution in [3.05, 3.63) is 54.1 Å². The number of aliphatic hydroxyl groups is 1. The summed E-state index contributed by atoms with van der Waals surface area (Å²) in [6.45, 7) is 12.6. The van der Waals surface area contributed by atoms with E-state index in [-0.39, 0.29) is 75.2 Å². The van der Waals surface area contributed by atoms with Crippen molar-refractivity contribution >= 4 is 59.2 Å². The average molecular weight is 1040 g/mol. The minimum atomic E-state index is -1.57. The van der Waals surface area contributed by atoms with Crippen LogP contribution in [0.5, 0.6) is 0 Å². The smallest absolute Gasteiger partial charge is 0.326 e. The first-order valence-electron chi connectivity index (χ1n) is 24.9. The highest BCUT2D eigenvalue weighted by Crippen LogP contribution is 2.12. The van der Waals surface area contributed by atoms with E-state index in [9.17, 15) is 53.4 Å². The maximum absolute atomic E-state index is 14.0. The van der Waals surface area contributed by atoms with Crippen LogP contribution in [0.25, 0.3) is 0 Å². The number of aromatic nitrogens is 2. The molecule has 8 amide bonds. The number of rotatable bonds is 33. The Morgan fingerprint density at radius 3 is 1.59 bits per heavy atom. The number of aliphatic carboxylic acids is 1. The zero-order valence-corrected chi connectivity index (χ0v) is 43.7. The molecule has 0 fully saturated rings. The molecule has 0 saturated carbocycles. The summed E-state index contributed by atoms with van der Waals surface area (Å²) >= 11 is 0. The van der Waals surface area contributed by atoms with Crippen LogP contribution in [-0.2, 0) is 56.0 Å². The fraction of sp³-hybridized carbons (Fsp3) is 0.612. The summed E-state index contributed by atoms with van der Waals surface area (Å²) in [5.74, 6) is -8.67. The highest BCUT2D eigenvalue weighted by molar-refractivity contribution is 5.97. The van der Waals surface area contributed by atoms with E-state index < -0.39 is 121 Å². The van der Waals surface area contributed by atoms with Crippen LogP contribution in [0.4, 0.5) is 0 Å². The molecule has 0 saturated heterocycles. The predicted octanol–water partition coefficient (Wildman–Crippen LogP) is -2.04. The largest absolute Gasteiger partial charge is 0.480 e. The van der Waals surface area contributed by atoms with Crippen LogP contribution in [0.3, 0.4) is 0 Å². The van der Waals surface area contributed by atoms with Crippen LogP contribution >= 0.6 is 0 Å². The number of nitrogens with one attached hydrogen (secondary N) is 9. The van der Waals surface area contributed by atoms with E-state index in [0.29, 0.717) is 11.3 Å². The first-order valence-corrected chi connectivity index (χ1v) is 24.9. The molecule has 25 nitrogen and oxygen atoms in total. The number of guanidine groups is 1. The second-order valence-electron chi connectivity index (χ2n) is 19.8. The second kappa shape index (κ2) is 32.1. The zero-order chi connectivity index (χ0) is 55.7. The quantitative estimate of drug-likeness (QED) is 0.0208. The minimum Gasteiger partial charge on any atom is -0.480 e. The van der Waals surface area contributed by atoms with E-state index in [2.05, 4.69) is 57.5 Å². The first-order chi connectivity index (χ1) is 34.8. The van der Waals surface area contributed by atoms with Gasteiger partial charge in [-0.2, -0.15) is 0 Å². The normalized spacial score (nSPS) is 14.5. The molecular weight excluding hydrogens is 961 g/mol. The Morgan fingerprint density at radius 2 is 1.11 bits per heavy atom. The highest BCUT2D eigenvalue weighted by atomic mass is 16.4. The number of benzene rings is 1. The number of carboxylic acids is 1. The van der Waals surface area contributed by atoms with Crippen LogP contribution < -0.4 is 59.7 Å². The summed E-state index contributed by atoms with van der Waals surface area (Å²) in [7, 11) is 0. The predicted molar refractivity (Wildman–Crippen MR) is 275 cm³/mol. The number of nitrogens with two attached hydrogens (primary N) is 3. The summed E-state index contributed by atoms with van der Waals surface area (Å²) in [6.07, 6.45) is 3.48.